The number of hydrogen-bond donors (Lipinski definition) is 1. The molecule has 1 amide bonds. The Bertz CT molecular complexity index is 1470. The molecule has 5 rings (SSSR count). The number of carbonyl (C=O) groups excluding carboxylic acids is 1. The van der Waals surface area contributed by atoms with E-state index in [2.05, 4.69) is 22.1 Å². The third-order valence-electron chi connectivity index (χ3n) is 7.54. The second kappa shape index (κ2) is 11.3. The summed E-state index contributed by atoms with van der Waals surface area (Å²) >= 11 is 0. The van der Waals surface area contributed by atoms with Gasteiger partial charge in [0, 0.05) is 61.3 Å². The first-order valence-corrected chi connectivity index (χ1v) is 13.2. The first kappa shape index (κ1) is 26.4. The number of nitrogens with one attached hydrogen (secondary N) is 1. The molecule has 202 valence electrons. The number of nitrogens with zero attached hydrogens (tertiary/aromatic N) is 2. The number of rotatable bonds is 10. The highest BCUT2D eigenvalue weighted by molar-refractivity contribution is 5.87. The fraction of sp³-hybridized carbons (Fsp3) is 0.323. The van der Waals surface area contributed by atoms with Crippen LogP contribution in [0.25, 0.3) is 10.9 Å². The summed E-state index contributed by atoms with van der Waals surface area (Å²) in [5.41, 5.74) is 3.48. The van der Waals surface area contributed by atoms with Crippen molar-refractivity contribution in [3.63, 3.8) is 0 Å². The average Bonchev–Trinajstić information content (AvgIpc) is 3.55. The molecule has 0 spiro atoms. The number of amides is 1. The first-order chi connectivity index (χ1) is 18.8. The Kier molecular flexibility index (Phi) is 7.65. The molecule has 8 heteroatoms. The van der Waals surface area contributed by atoms with E-state index in [9.17, 15) is 14.9 Å². The van der Waals surface area contributed by atoms with Gasteiger partial charge in [0.15, 0.2) is 0 Å². The van der Waals surface area contributed by atoms with Gasteiger partial charge in [-0.1, -0.05) is 42.5 Å². The normalized spacial score (nSPS) is 17.7. The van der Waals surface area contributed by atoms with Crippen molar-refractivity contribution in [2.75, 3.05) is 20.3 Å². The zero-order valence-electron chi connectivity index (χ0n) is 22.3. The zero-order valence-corrected chi connectivity index (χ0v) is 22.3. The van der Waals surface area contributed by atoms with E-state index in [4.69, 9.17) is 9.47 Å². The SMILES string of the molecule is COc1ccc(Cn2cc([C@H](CC(=O)NC[C@]3(C)CCCO3)c3cccc([N+](=O)[O-])c3)c3ccccc32)cc1. The zero-order chi connectivity index (χ0) is 27.4. The lowest BCUT2D eigenvalue weighted by Gasteiger charge is -2.24. The summed E-state index contributed by atoms with van der Waals surface area (Å²) < 4.78 is 13.3. The number of aromatic nitrogens is 1. The van der Waals surface area contributed by atoms with Gasteiger partial charge in [-0.2, -0.15) is 0 Å². The summed E-state index contributed by atoms with van der Waals surface area (Å²) in [5, 5.41) is 15.7. The summed E-state index contributed by atoms with van der Waals surface area (Å²) in [6, 6.07) is 22.6. The van der Waals surface area contributed by atoms with Crippen molar-refractivity contribution in [2.24, 2.45) is 0 Å². The monoisotopic (exact) mass is 527 g/mol. The molecule has 8 nitrogen and oxygen atoms in total. The Morgan fingerprint density at radius 2 is 1.95 bits per heavy atom. The molecule has 1 aliphatic heterocycles. The van der Waals surface area contributed by atoms with Gasteiger partial charge in [0.05, 0.1) is 17.6 Å². The van der Waals surface area contributed by atoms with Crippen molar-refractivity contribution in [1.82, 2.24) is 9.88 Å². The molecule has 2 heterocycles. The third-order valence-corrected chi connectivity index (χ3v) is 7.54. The van der Waals surface area contributed by atoms with Gasteiger partial charge in [0.25, 0.3) is 5.69 Å². The molecule has 0 bridgehead atoms. The minimum Gasteiger partial charge on any atom is -0.497 e. The van der Waals surface area contributed by atoms with Crippen LogP contribution in [0.4, 0.5) is 5.69 Å². The summed E-state index contributed by atoms with van der Waals surface area (Å²) in [6.45, 7) is 3.79. The molecule has 39 heavy (non-hydrogen) atoms. The quantitative estimate of drug-likeness (QED) is 0.207. The van der Waals surface area contributed by atoms with Crippen molar-refractivity contribution in [2.45, 2.75) is 44.2 Å². The highest BCUT2D eigenvalue weighted by Gasteiger charge is 2.31. The van der Waals surface area contributed by atoms with Crippen LogP contribution in [0, 0.1) is 10.1 Å². The molecule has 0 radical (unpaired) electrons. The number of nitro benzene ring substituents is 1. The van der Waals surface area contributed by atoms with Gasteiger partial charge in [-0.25, -0.2) is 0 Å². The predicted octanol–water partition coefficient (Wildman–Crippen LogP) is 5.81. The fourth-order valence-electron chi connectivity index (χ4n) is 5.39. The van der Waals surface area contributed by atoms with Gasteiger partial charge in [-0.05, 0) is 54.7 Å². The lowest BCUT2D eigenvalue weighted by molar-refractivity contribution is -0.384. The van der Waals surface area contributed by atoms with Crippen LogP contribution in [0.5, 0.6) is 5.75 Å². The Morgan fingerprint density at radius 1 is 1.15 bits per heavy atom. The van der Waals surface area contributed by atoms with Crippen LogP contribution in [-0.4, -0.2) is 41.3 Å². The van der Waals surface area contributed by atoms with Gasteiger partial charge in [-0.15, -0.1) is 0 Å². The summed E-state index contributed by atoms with van der Waals surface area (Å²) in [6.07, 6.45) is 4.12. The molecule has 1 N–H and O–H groups in total. The molecule has 0 saturated carbocycles. The third kappa shape index (κ3) is 5.96. The van der Waals surface area contributed by atoms with Gasteiger partial charge < -0.3 is 19.4 Å². The number of non-ortho nitro benzene ring substituents is 1. The molecule has 1 fully saturated rings. The number of ether oxygens (including phenoxy) is 2. The van der Waals surface area contributed by atoms with Gasteiger partial charge in [-0.3, -0.25) is 14.9 Å². The number of nitro groups is 1. The van der Waals surface area contributed by atoms with Gasteiger partial charge >= 0.3 is 0 Å². The molecule has 2 atom stereocenters. The lowest BCUT2D eigenvalue weighted by Crippen LogP contribution is -2.40. The van der Waals surface area contributed by atoms with E-state index in [1.54, 1.807) is 19.2 Å². The minimum absolute atomic E-state index is 0.00625. The van der Waals surface area contributed by atoms with Crippen LogP contribution in [0.1, 0.15) is 48.8 Å². The fourth-order valence-corrected chi connectivity index (χ4v) is 5.39. The second-order valence-corrected chi connectivity index (χ2v) is 10.4. The summed E-state index contributed by atoms with van der Waals surface area (Å²) in [4.78, 5) is 24.5. The average molecular weight is 528 g/mol. The van der Waals surface area contributed by atoms with Crippen molar-refractivity contribution in [3.05, 3.63) is 106 Å². The van der Waals surface area contributed by atoms with E-state index in [0.717, 1.165) is 46.2 Å². The van der Waals surface area contributed by atoms with Crippen molar-refractivity contribution >= 4 is 22.5 Å². The summed E-state index contributed by atoms with van der Waals surface area (Å²) in [7, 11) is 1.64. The number of benzene rings is 3. The standard InChI is InChI=1S/C31H33N3O5/c1-31(15-6-16-39-31)21-32-30(35)18-27(23-7-5-8-24(17-23)34(36)37)28-20-33(29-10-4-3-9-26(28)29)19-22-11-13-25(38-2)14-12-22/h3-5,7-14,17,20,27H,6,15-16,18-19,21H2,1-2H3,(H,32,35)/t27-,31+/m1/s1. The molecule has 0 aliphatic carbocycles. The molecule has 1 aromatic heterocycles. The smallest absolute Gasteiger partial charge is 0.269 e. The molecule has 3 aromatic carbocycles. The topological polar surface area (TPSA) is 95.6 Å². The Labute approximate surface area is 227 Å². The Hall–Kier alpha value is -4.17. The summed E-state index contributed by atoms with van der Waals surface area (Å²) in [5.74, 6) is 0.310. The second-order valence-electron chi connectivity index (χ2n) is 10.4. The van der Waals surface area contributed by atoms with E-state index in [-0.39, 0.29) is 29.5 Å². The maximum absolute atomic E-state index is 13.3. The molecule has 1 saturated heterocycles. The van der Waals surface area contributed by atoms with E-state index >= 15 is 0 Å². The van der Waals surface area contributed by atoms with Crippen molar-refractivity contribution in [1.29, 1.82) is 0 Å². The van der Waals surface area contributed by atoms with Crippen LogP contribution in [0.2, 0.25) is 0 Å². The maximum Gasteiger partial charge on any atom is 0.269 e. The number of carbonyl (C=O) groups is 1. The molecule has 1 aliphatic rings. The van der Waals surface area contributed by atoms with Gasteiger partial charge in [0.2, 0.25) is 5.91 Å². The number of methoxy groups -OCH3 is 1. The minimum atomic E-state index is -0.397. The molecule has 4 aromatic rings. The van der Waals surface area contributed by atoms with Crippen molar-refractivity contribution in [3.8, 4) is 5.75 Å². The van der Waals surface area contributed by atoms with Crippen LogP contribution in [-0.2, 0) is 16.1 Å². The van der Waals surface area contributed by atoms with Crippen LogP contribution in [0.15, 0.2) is 79.0 Å². The number of hydrogen-bond acceptors (Lipinski definition) is 5. The molecular weight excluding hydrogens is 494 g/mol. The van der Waals surface area contributed by atoms with E-state index in [1.165, 1.54) is 6.07 Å². The van der Waals surface area contributed by atoms with Crippen LogP contribution < -0.4 is 10.1 Å². The van der Waals surface area contributed by atoms with Crippen LogP contribution >= 0.6 is 0 Å². The largest absolute Gasteiger partial charge is 0.497 e. The first-order valence-electron chi connectivity index (χ1n) is 13.2. The van der Waals surface area contributed by atoms with Crippen molar-refractivity contribution < 1.29 is 19.2 Å². The molecular formula is C31H33N3O5. The number of para-hydroxylation sites is 1. The van der Waals surface area contributed by atoms with E-state index in [1.807, 2.05) is 55.5 Å². The van der Waals surface area contributed by atoms with Crippen LogP contribution in [0.3, 0.4) is 0 Å². The Balaban J connectivity index is 1.51. The highest BCUT2D eigenvalue weighted by atomic mass is 16.6. The maximum atomic E-state index is 13.3. The predicted molar refractivity (Wildman–Crippen MR) is 150 cm³/mol. The Morgan fingerprint density at radius 3 is 2.67 bits per heavy atom. The van der Waals surface area contributed by atoms with E-state index < -0.39 is 4.92 Å². The van der Waals surface area contributed by atoms with E-state index in [0.29, 0.717) is 19.7 Å². The highest BCUT2D eigenvalue weighted by Crippen LogP contribution is 2.36. The lowest BCUT2D eigenvalue weighted by atomic mass is 9.87. The number of fused-ring (bicyclic) bond motifs is 1. The van der Waals surface area contributed by atoms with Gasteiger partial charge in [0.1, 0.15) is 5.75 Å². The molecule has 0 unspecified atom stereocenters.